The van der Waals surface area contributed by atoms with E-state index in [0.29, 0.717) is 33.9 Å². The summed E-state index contributed by atoms with van der Waals surface area (Å²) in [5.74, 6) is 1.25. The van der Waals surface area contributed by atoms with E-state index in [0.717, 1.165) is 23.1 Å². The average Bonchev–Trinajstić information content (AvgIpc) is 2.60. The van der Waals surface area contributed by atoms with Crippen molar-refractivity contribution in [1.82, 2.24) is 0 Å². The van der Waals surface area contributed by atoms with Crippen molar-refractivity contribution in [2.75, 3.05) is 13.7 Å². The van der Waals surface area contributed by atoms with Gasteiger partial charge in [-0.25, -0.2) is 4.79 Å². The zero-order chi connectivity index (χ0) is 18.6. The molecule has 0 aliphatic carbocycles. The average molecular weight is 407 g/mol. The van der Waals surface area contributed by atoms with Crippen LogP contribution in [-0.4, -0.2) is 19.7 Å². The number of carbonyl (C=O) groups is 1. The van der Waals surface area contributed by atoms with Gasteiger partial charge in [0.15, 0.2) is 11.5 Å². The van der Waals surface area contributed by atoms with Crippen LogP contribution in [0.5, 0.6) is 17.2 Å². The van der Waals surface area contributed by atoms with Crippen LogP contribution in [0.15, 0.2) is 28.7 Å². The first-order valence-electron chi connectivity index (χ1n) is 8.18. The van der Waals surface area contributed by atoms with Crippen LogP contribution in [0.1, 0.15) is 40.4 Å². The number of aryl methyl sites for hydroxylation is 2. The molecule has 0 aliphatic heterocycles. The fourth-order valence-electron chi connectivity index (χ4n) is 2.42. The Balaban J connectivity index is 2.34. The molecule has 2 rings (SSSR count). The third-order valence-electron chi connectivity index (χ3n) is 3.98. The molecule has 134 valence electrons. The molecule has 4 nitrogen and oxygen atoms in total. The lowest BCUT2D eigenvalue weighted by atomic mass is 10.1. The van der Waals surface area contributed by atoms with Crippen molar-refractivity contribution >= 4 is 21.9 Å². The maximum Gasteiger partial charge on any atom is 0.343 e. The van der Waals surface area contributed by atoms with Crippen molar-refractivity contribution in [3.05, 3.63) is 51.0 Å². The van der Waals surface area contributed by atoms with E-state index >= 15 is 0 Å². The van der Waals surface area contributed by atoms with Crippen molar-refractivity contribution in [2.45, 2.75) is 34.1 Å². The quantitative estimate of drug-likeness (QED) is 0.476. The molecule has 0 amide bonds. The van der Waals surface area contributed by atoms with Gasteiger partial charge in [-0.3, -0.25) is 0 Å². The predicted octanol–water partition coefficient (Wildman–Crippen LogP) is 5.39. The highest BCUT2D eigenvalue weighted by Gasteiger charge is 2.18. The standard InChI is InChI=1S/C20H23BrO4/c1-6-9-24-19-16(21)10-15(11-17(19)23-5)20(22)25-18-13(3)8-7-12(2)14(18)4/h7-8,10-11H,6,9H2,1-5H3. The SMILES string of the molecule is CCCOc1c(Br)cc(C(=O)Oc2c(C)ccc(C)c2C)cc1OC. The Hall–Kier alpha value is -2.01. The number of methoxy groups -OCH3 is 1. The second-order valence-electron chi connectivity index (χ2n) is 5.88. The van der Waals surface area contributed by atoms with E-state index < -0.39 is 5.97 Å². The number of rotatable bonds is 6. The van der Waals surface area contributed by atoms with Gasteiger partial charge >= 0.3 is 5.97 Å². The monoisotopic (exact) mass is 406 g/mol. The lowest BCUT2D eigenvalue weighted by Gasteiger charge is -2.15. The smallest absolute Gasteiger partial charge is 0.343 e. The molecule has 0 aliphatic rings. The van der Waals surface area contributed by atoms with Gasteiger partial charge in [0.05, 0.1) is 23.8 Å². The van der Waals surface area contributed by atoms with Crippen molar-refractivity contribution < 1.29 is 19.0 Å². The number of carbonyl (C=O) groups excluding carboxylic acids is 1. The summed E-state index contributed by atoms with van der Waals surface area (Å²) in [5.41, 5.74) is 3.36. The number of hydrogen-bond acceptors (Lipinski definition) is 4. The molecule has 0 bridgehead atoms. The topological polar surface area (TPSA) is 44.8 Å². The van der Waals surface area contributed by atoms with Gasteiger partial charge in [-0.15, -0.1) is 0 Å². The molecule has 0 atom stereocenters. The molecule has 0 fully saturated rings. The minimum Gasteiger partial charge on any atom is -0.493 e. The van der Waals surface area contributed by atoms with Crippen molar-refractivity contribution in [3.8, 4) is 17.2 Å². The summed E-state index contributed by atoms with van der Waals surface area (Å²) in [6.07, 6.45) is 0.880. The van der Waals surface area contributed by atoms with Gasteiger partial charge in [0.1, 0.15) is 5.75 Å². The van der Waals surface area contributed by atoms with Gasteiger partial charge in [-0.1, -0.05) is 19.1 Å². The molecule has 5 heteroatoms. The summed E-state index contributed by atoms with van der Waals surface area (Å²) < 4.78 is 17.4. The number of esters is 1. The molecule has 0 radical (unpaired) electrons. The predicted molar refractivity (Wildman–Crippen MR) is 102 cm³/mol. The summed E-state index contributed by atoms with van der Waals surface area (Å²) >= 11 is 3.45. The Morgan fingerprint density at radius 3 is 2.40 bits per heavy atom. The van der Waals surface area contributed by atoms with Crippen LogP contribution in [0.4, 0.5) is 0 Å². The summed E-state index contributed by atoms with van der Waals surface area (Å²) in [5, 5.41) is 0. The van der Waals surface area contributed by atoms with Gasteiger partial charge < -0.3 is 14.2 Å². The second kappa shape index (κ2) is 8.39. The highest BCUT2D eigenvalue weighted by atomic mass is 79.9. The molecule has 0 aromatic heterocycles. The molecule has 0 N–H and O–H groups in total. The largest absolute Gasteiger partial charge is 0.493 e. The van der Waals surface area contributed by atoms with Crippen molar-refractivity contribution in [1.29, 1.82) is 0 Å². The van der Waals surface area contributed by atoms with Gasteiger partial charge in [-0.05, 0) is 71.9 Å². The molecule has 0 saturated carbocycles. The van der Waals surface area contributed by atoms with Crippen LogP contribution in [0.2, 0.25) is 0 Å². The number of benzene rings is 2. The Morgan fingerprint density at radius 2 is 1.76 bits per heavy atom. The zero-order valence-electron chi connectivity index (χ0n) is 15.2. The molecule has 0 spiro atoms. The summed E-state index contributed by atoms with van der Waals surface area (Å²) in [7, 11) is 1.55. The van der Waals surface area contributed by atoms with Crippen molar-refractivity contribution in [3.63, 3.8) is 0 Å². The highest BCUT2D eigenvalue weighted by Crippen LogP contribution is 2.37. The molecular formula is C20H23BrO4. The second-order valence-corrected chi connectivity index (χ2v) is 6.74. The Bertz CT molecular complexity index is 784. The Labute approximate surface area is 157 Å². The Morgan fingerprint density at radius 1 is 1.08 bits per heavy atom. The van der Waals surface area contributed by atoms with Crippen LogP contribution < -0.4 is 14.2 Å². The molecule has 2 aromatic carbocycles. The fourth-order valence-corrected chi connectivity index (χ4v) is 2.97. The molecule has 0 saturated heterocycles. The van der Waals surface area contributed by atoms with E-state index in [4.69, 9.17) is 14.2 Å². The number of hydrogen-bond donors (Lipinski definition) is 0. The first-order chi connectivity index (χ1) is 11.9. The minimum atomic E-state index is -0.433. The summed E-state index contributed by atoms with van der Waals surface area (Å²) in [4.78, 5) is 12.6. The van der Waals surface area contributed by atoms with Crippen molar-refractivity contribution in [2.24, 2.45) is 0 Å². The highest BCUT2D eigenvalue weighted by molar-refractivity contribution is 9.10. The van der Waals surface area contributed by atoms with Gasteiger partial charge in [0.2, 0.25) is 0 Å². The lowest BCUT2D eigenvalue weighted by molar-refractivity contribution is 0.0731. The molecule has 2 aromatic rings. The first kappa shape index (κ1) is 19.3. The van der Waals surface area contributed by atoms with Crippen LogP contribution >= 0.6 is 15.9 Å². The van der Waals surface area contributed by atoms with Crippen LogP contribution in [0, 0.1) is 20.8 Å². The molecule has 0 unspecified atom stereocenters. The number of ether oxygens (including phenoxy) is 3. The van der Waals surface area contributed by atoms with E-state index in [2.05, 4.69) is 15.9 Å². The molecule has 0 heterocycles. The summed E-state index contributed by atoms with van der Waals surface area (Å²) in [6, 6.07) is 7.29. The normalized spacial score (nSPS) is 10.5. The van der Waals surface area contributed by atoms with Gasteiger partial charge in [0.25, 0.3) is 0 Å². The van der Waals surface area contributed by atoms with Crippen LogP contribution in [0.25, 0.3) is 0 Å². The molecular weight excluding hydrogens is 384 g/mol. The van der Waals surface area contributed by atoms with Crippen LogP contribution in [0.3, 0.4) is 0 Å². The maximum absolute atomic E-state index is 12.6. The van der Waals surface area contributed by atoms with E-state index in [1.807, 2.05) is 39.8 Å². The number of halogens is 1. The third-order valence-corrected chi connectivity index (χ3v) is 4.57. The van der Waals surface area contributed by atoms with Gasteiger partial charge in [-0.2, -0.15) is 0 Å². The lowest BCUT2D eigenvalue weighted by Crippen LogP contribution is -2.11. The van der Waals surface area contributed by atoms with E-state index in [9.17, 15) is 4.79 Å². The fraction of sp³-hybridized carbons (Fsp3) is 0.350. The van der Waals surface area contributed by atoms with E-state index in [1.165, 1.54) is 0 Å². The minimum absolute atomic E-state index is 0.396. The van der Waals surface area contributed by atoms with Crippen LogP contribution in [-0.2, 0) is 0 Å². The van der Waals surface area contributed by atoms with E-state index in [-0.39, 0.29) is 0 Å². The zero-order valence-corrected chi connectivity index (χ0v) is 16.8. The maximum atomic E-state index is 12.6. The third kappa shape index (κ3) is 4.34. The first-order valence-corrected chi connectivity index (χ1v) is 8.97. The molecule has 25 heavy (non-hydrogen) atoms. The summed E-state index contributed by atoms with van der Waals surface area (Å²) in [6.45, 7) is 8.46. The van der Waals surface area contributed by atoms with E-state index in [1.54, 1.807) is 19.2 Å². The van der Waals surface area contributed by atoms with Gasteiger partial charge in [0, 0.05) is 0 Å². The Kier molecular flexibility index (Phi) is 6.48.